The standard InChI is InChI=1S/C12H10ClF2NO/c13-9-3-1-2-7(11(9)15)12(5-14)8-4-10(8)17-6-16-12/h1-3,6,8,10H,4-5H2/t8-,10+,12+/m1/s1. The maximum absolute atomic E-state index is 14.0. The van der Waals surface area contributed by atoms with Gasteiger partial charge in [-0.3, -0.25) is 0 Å². The number of ether oxygens (including phenoxy) is 1. The Labute approximate surface area is 102 Å². The van der Waals surface area contributed by atoms with Crippen LogP contribution in [0, 0.1) is 11.7 Å². The summed E-state index contributed by atoms with van der Waals surface area (Å²) < 4.78 is 32.6. The van der Waals surface area contributed by atoms with E-state index >= 15 is 0 Å². The van der Waals surface area contributed by atoms with Crippen LogP contribution in [0.5, 0.6) is 0 Å². The van der Waals surface area contributed by atoms with Crippen LogP contribution in [0.1, 0.15) is 12.0 Å². The van der Waals surface area contributed by atoms with Gasteiger partial charge in [0, 0.05) is 11.5 Å². The predicted octanol–water partition coefficient (Wildman–Crippen LogP) is 3.09. The molecule has 0 radical (unpaired) electrons. The number of fused-ring (bicyclic) bond motifs is 1. The van der Waals surface area contributed by atoms with E-state index in [9.17, 15) is 8.78 Å². The molecule has 1 aromatic rings. The van der Waals surface area contributed by atoms with Crippen LogP contribution in [0.4, 0.5) is 8.78 Å². The van der Waals surface area contributed by atoms with Gasteiger partial charge in [0.1, 0.15) is 24.1 Å². The van der Waals surface area contributed by atoms with Gasteiger partial charge in [0.15, 0.2) is 6.40 Å². The molecule has 0 N–H and O–H groups in total. The molecule has 0 bridgehead atoms. The van der Waals surface area contributed by atoms with Gasteiger partial charge in [-0.05, 0) is 12.5 Å². The number of rotatable bonds is 2. The van der Waals surface area contributed by atoms with Crippen molar-refractivity contribution in [3.8, 4) is 0 Å². The molecular weight excluding hydrogens is 248 g/mol. The fraction of sp³-hybridized carbons (Fsp3) is 0.417. The number of hydrogen-bond acceptors (Lipinski definition) is 2. The highest BCUT2D eigenvalue weighted by molar-refractivity contribution is 6.30. The zero-order valence-electron chi connectivity index (χ0n) is 8.87. The summed E-state index contributed by atoms with van der Waals surface area (Å²) in [6.45, 7) is -0.745. The average Bonchev–Trinajstić information content (AvgIpc) is 3.12. The van der Waals surface area contributed by atoms with Crippen LogP contribution >= 0.6 is 11.6 Å². The molecule has 1 aliphatic carbocycles. The molecule has 0 saturated heterocycles. The second kappa shape index (κ2) is 3.67. The Kier molecular flexibility index (Phi) is 2.36. The van der Waals surface area contributed by atoms with E-state index in [1.54, 1.807) is 12.1 Å². The molecule has 17 heavy (non-hydrogen) atoms. The first-order valence-corrected chi connectivity index (χ1v) is 5.76. The number of hydrogen-bond donors (Lipinski definition) is 0. The summed E-state index contributed by atoms with van der Waals surface area (Å²) in [7, 11) is 0. The second-order valence-corrected chi connectivity index (χ2v) is 4.82. The molecule has 2 nitrogen and oxygen atoms in total. The van der Waals surface area contributed by atoms with Crippen LogP contribution in [0.25, 0.3) is 0 Å². The van der Waals surface area contributed by atoms with Gasteiger partial charge in [-0.2, -0.15) is 0 Å². The van der Waals surface area contributed by atoms with Gasteiger partial charge < -0.3 is 4.74 Å². The summed E-state index contributed by atoms with van der Waals surface area (Å²) >= 11 is 5.73. The first kappa shape index (κ1) is 11.0. The van der Waals surface area contributed by atoms with Crippen molar-refractivity contribution in [3.63, 3.8) is 0 Å². The topological polar surface area (TPSA) is 21.6 Å². The van der Waals surface area contributed by atoms with E-state index in [2.05, 4.69) is 4.99 Å². The number of aliphatic imine (C=N–C) groups is 1. The van der Waals surface area contributed by atoms with Crippen molar-refractivity contribution in [3.05, 3.63) is 34.6 Å². The molecule has 1 aromatic carbocycles. The van der Waals surface area contributed by atoms with Crippen LogP contribution in [-0.2, 0) is 10.3 Å². The van der Waals surface area contributed by atoms with Crippen LogP contribution in [0.2, 0.25) is 5.02 Å². The van der Waals surface area contributed by atoms with Crippen molar-refractivity contribution in [2.24, 2.45) is 10.9 Å². The van der Waals surface area contributed by atoms with Crippen LogP contribution in [0.15, 0.2) is 23.2 Å². The lowest BCUT2D eigenvalue weighted by Gasteiger charge is -2.30. The number of halogens is 3. The third-order valence-corrected chi connectivity index (χ3v) is 3.78. The summed E-state index contributed by atoms with van der Waals surface area (Å²) in [5.41, 5.74) is -0.933. The fourth-order valence-electron chi connectivity index (χ4n) is 2.44. The zero-order valence-corrected chi connectivity index (χ0v) is 9.62. The van der Waals surface area contributed by atoms with E-state index in [-0.39, 0.29) is 22.6 Å². The fourth-order valence-corrected chi connectivity index (χ4v) is 2.61. The molecule has 1 aliphatic heterocycles. The Morgan fingerprint density at radius 3 is 3.12 bits per heavy atom. The van der Waals surface area contributed by atoms with E-state index in [1.807, 2.05) is 0 Å². The Balaban J connectivity index is 2.14. The molecule has 0 amide bonds. The average molecular weight is 258 g/mol. The highest BCUT2D eigenvalue weighted by Gasteiger charge is 2.58. The van der Waals surface area contributed by atoms with Crippen LogP contribution in [0.3, 0.4) is 0 Å². The van der Waals surface area contributed by atoms with E-state index in [4.69, 9.17) is 16.3 Å². The monoisotopic (exact) mass is 257 g/mol. The lowest BCUT2D eigenvalue weighted by Crippen LogP contribution is -2.35. The minimum atomic E-state index is -1.15. The third-order valence-electron chi connectivity index (χ3n) is 3.49. The maximum atomic E-state index is 14.0. The first-order chi connectivity index (χ1) is 8.19. The molecule has 2 aliphatic rings. The summed E-state index contributed by atoms with van der Waals surface area (Å²) in [6.07, 6.45) is 1.89. The molecule has 0 aromatic heterocycles. The zero-order chi connectivity index (χ0) is 12.0. The van der Waals surface area contributed by atoms with E-state index in [0.29, 0.717) is 6.42 Å². The Morgan fingerprint density at radius 2 is 2.35 bits per heavy atom. The van der Waals surface area contributed by atoms with Gasteiger partial charge >= 0.3 is 0 Å². The lowest BCUT2D eigenvalue weighted by molar-refractivity contribution is 0.179. The van der Waals surface area contributed by atoms with Gasteiger partial charge in [-0.15, -0.1) is 0 Å². The minimum absolute atomic E-state index is 0.00535. The summed E-state index contributed by atoms with van der Waals surface area (Å²) in [5.74, 6) is -0.679. The van der Waals surface area contributed by atoms with E-state index in [1.165, 1.54) is 12.5 Å². The first-order valence-electron chi connectivity index (χ1n) is 5.38. The van der Waals surface area contributed by atoms with E-state index in [0.717, 1.165) is 0 Å². The Bertz CT molecular complexity index is 493. The maximum Gasteiger partial charge on any atom is 0.170 e. The molecule has 1 fully saturated rings. The Morgan fingerprint density at radius 1 is 1.53 bits per heavy atom. The highest BCUT2D eigenvalue weighted by Crippen LogP contribution is 2.53. The van der Waals surface area contributed by atoms with Crippen molar-refractivity contribution < 1.29 is 13.5 Å². The molecular formula is C12H10ClF2NO. The molecule has 3 atom stereocenters. The summed E-state index contributed by atoms with van der Waals surface area (Å²) in [6, 6.07) is 4.60. The largest absolute Gasteiger partial charge is 0.480 e. The van der Waals surface area contributed by atoms with Gasteiger partial charge in [-0.25, -0.2) is 13.8 Å². The third kappa shape index (κ3) is 1.47. The molecule has 1 heterocycles. The number of alkyl halides is 1. The minimum Gasteiger partial charge on any atom is -0.480 e. The van der Waals surface area contributed by atoms with Crippen molar-refractivity contribution >= 4 is 18.0 Å². The normalized spacial score (nSPS) is 34.1. The SMILES string of the molecule is FC[C@@]1(c2cccc(Cl)c2F)N=CO[C@H]2C[C@H]21. The van der Waals surface area contributed by atoms with Gasteiger partial charge in [0.25, 0.3) is 0 Å². The van der Waals surface area contributed by atoms with Crippen LogP contribution < -0.4 is 0 Å². The molecule has 0 spiro atoms. The molecule has 90 valence electrons. The second-order valence-electron chi connectivity index (χ2n) is 4.41. The predicted molar refractivity (Wildman–Crippen MR) is 60.5 cm³/mol. The smallest absolute Gasteiger partial charge is 0.170 e. The molecule has 3 rings (SSSR count). The number of nitrogens with zero attached hydrogens (tertiary/aromatic N) is 1. The van der Waals surface area contributed by atoms with Gasteiger partial charge in [-0.1, -0.05) is 23.7 Å². The van der Waals surface area contributed by atoms with Crippen LogP contribution in [-0.4, -0.2) is 19.2 Å². The molecule has 0 unspecified atom stereocenters. The van der Waals surface area contributed by atoms with Crippen molar-refractivity contribution in [2.75, 3.05) is 6.67 Å². The Hall–Kier alpha value is -1.16. The number of benzene rings is 1. The molecule has 5 heteroatoms. The highest BCUT2D eigenvalue weighted by atomic mass is 35.5. The lowest BCUT2D eigenvalue weighted by atomic mass is 9.86. The quantitative estimate of drug-likeness (QED) is 0.798. The van der Waals surface area contributed by atoms with E-state index < -0.39 is 18.0 Å². The molecule has 1 saturated carbocycles. The van der Waals surface area contributed by atoms with Crippen molar-refractivity contribution in [1.82, 2.24) is 0 Å². The van der Waals surface area contributed by atoms with Crippen molar-refractivity contribution in [1.29, 1.82) is 0 Å². The summed E-state index contributed by atoms with van der Waals surface area (Å²) in [4.78, 5) is 4.05. The van der Waals surface area contributed by atoms with Gasteiger partial charge in [0.2, 0.25) is 0 Å². The van der Waals surface area contributed by atoms with Gasteiger partial charge in [0.05, 0.1) is 5.02 Å². The summed E-state index contributed by atoms with van der Waals surface area (Å²) in [5, 5.41) is -0.00535. The van der Waals surface area contributed by atoms with Crippen molar-refractivity contribution in [2.45, 2.75) is 18.1 Å².